The largest absolute Gasteiger partial charge is 0.454 e. The van der Waals surface area contributed by atoms with E-state index in [2.05, 4.69) is 0 Å². The van der Waals surface area contributed by atoms with E-state index in [0.717, 1.165) is 22.0 Å². The predicted octanol–water partition coefficient (Wildman–Crippen LogP) is 2.59. The maximum atomic E-state index is 9.26. The number of ether oxygens (including phenoxy) is 2. The molecule has 0 amide bonds. The first-order chi connectivity index (χ1) is 7.52. The third-order valence-electron chi connectivity index (χ3n) is 2.44. The van der Waals surface area contributed by atoms with E-state index in [1.165, 1.54) is 0 Å². The third kappa shape index (κ3) is 2.28. The van der Waals surface area contributed by atoms with E-state index in [1.807, 2.05) is 32.9 Å². The maximum Gasteiger partial charge on any atom is 0.231 e. The molecule has 1 aliphatic heterocycles. The van der Waals surface area contributed by atoms with E-state index in [4.69, 9.17) is 9.47 Å². The van der Waals surface area contributed by atoms with Gasteiger partial charge in [-0.2, -0.15) is 0 Å². The zero-order chi connectivity index (χ0) is 11.8. The number of aliphatic hydroxyl groups excluding tert-OH is 1. The lowest BCUT2D eigenvalue weighted by molar-refractivity contribution is 0.174. The monoisotopic (exact) mass is 240 g/mol. The van der Waals surface area contributed by atoms with Gasteiger partial charge >= 0.3 is 0 Å². The highest BCUT2D eigenvalue weighted by Gasteiger charge is 2.22. The SMILES string of the molecule is Cc1cc2c(cc1SC(C)(C)CO)OCO2. The summed E-state index contributed by atoms with van der Waals surface area (Å²) in [5.41, 5.74) is 1.15. The summed E-state index contributed by atoms with van der Waals surface area (Å²) in [4.78, 5) is 1.13. The van der Waals surface area contributed by atoms with Crippen LogP contribution in [-0.4, -0.2) is 23.3 Å². The summed E-state index contributed by atoms with van der Waals surface area (Å²) >= 11 is 1.65. The molecular weight excluding hydrogens is 224 g/mol. The Morgan fingerprint density at radius 3 is 2.56 bits per heavy atom. The third-order valence-corrected chi connectivity index (χ3v) is 3.78. The molecule has 0 fully saturated rings. The van der Waals surface area contributed by atoms with Crippen molar-refractivity contribution < 1.29 is 14.6 Å². The number of hydrogen-bond donors (Lipinski definition) is 1. The molecule has 0 atom stereocenters. The van der Waals surface area contributed by atoms with Crippen LogP contribution in [0.4, 0.5) is 0 Å². The summed E-state index contributed by atoms with van der Waals surface area (Å²) in [5.74, 6) is 1.60. The molecule has 3 nitrogen and oxygen atoms in total. The highest BCUT2D eigenvalue weighted by atomic mass is 32.2. The van der Waals surface area contributed by atoms with Gasteiger partial charge in [0.15, 0.2) is 11.5 Å². The van der Waals surface area contributed by atoms with Crippen molar-refractivity contribution in [3.8, 4) is 11.5 Å². The smallest absolute Gasteiger partial charge is 0.231 e. The summed E-state index contributed by atoms with van der Waals surface area (Å²) in [7, 11) is 0. The molecule has 88 valence electrons. The van der Waals surface area contributed by atoms with Gasteiger partial charge in [-0.05, 0) is 38.5 Å². The molecule has 0 saturated carbocycles. The van der Waals surface area contributed by atoms with Gasteiger partial charge in [-0.15, -0.1) is 11.8 Å². The average molecular weight is 240 g/mol. The molecule has 0 unspecified atom stereocenters. The van der Waals surface area contributed by atoms with Gasteiger partial charge in [-0.1, -0.05) is 0 Å². The first-order valence-corrected chi connectivity index (χ1v) is 6.03. The van der Waals surface area contributed by atoms with Crippen LogP contribution in [0.3, 0.4) is 0 Å². The second-order valence-corrected chi connectivity index (χ2v) is 6.24. The van der Waals surface area contributed by atoms with Gasteiger partial charge in [-0.25, -0.2) is 0 Å². The van der Waals surface area contributed by atoms with Gasteiger partial charge in [-0.3, -0.25) is 0 Å². The number of aliphatic hydroxyl groups is 1. The molecule has 1 aliphatic rings. The zero-order valence-corrected chi connectivity index (χ0v) is 10.6. The Bertz CT molecular complexity index is 401. The van der Waals surface area contributed by atoms with Crippen molar-refractivity contribution in [1.29, 1.82) is 0 Å². The van der Waals surface area contributed by atoms with Gasteiger partial charge in [0.05, 0.1) is 6.61 Å². The van der Waals surface area contributed by atoms with Crippen LogP contribution < -0.4 is 9.47 Å². The van der Waals surface area contributed by atoms with Crippen molar-refractivity contribution in [3.05, 3.63) is 17.7 Å². The molecular formula is C12H16O3S. The van der Waals surface area contributed by atoms with E-state index in [0.29, 0.717) is 6.79 Å². The Labute approximate surface area is 99.8 Å². The van der Waals surface area contributed by atoms with Crippen LogP contribution in [-0.2, 0) is 0 Å². The summed E-state index contributed by atoms with van der Waals surface area (Å²) in [6.07, 6.45) is 0. The fourth-order valence-corrected chi connectivity index (χ4v) is 2.51. The second kappa shape index (κ2) is 4.18. The lowest BCUT2D eigenvalue weighted by atomic mass is 10.2. The zero-order valence-electron chi connectivity index (χ0n) is 9.74. The van der Waals surface area contributed by atoms with Gasteiger partial charge in [0.1, 0.15) is 0 Å². The predicted molar refractivity (Wildman–Crippen MR) is 64.3 cm³/mol. The Morgan fingerprint density at radius 1 is 1.31 bits per heavy atom. The normalized spacial score (nSPS) is 14.2. The minimum Gasteiger partial charge on any atom is -0.454 e. The van der Waals surface area contributed by atoms with Crippen LogP contribution in [0.25, 0.3) is 0 Å². The molecule has 4 heteroatoms. The number of aryl methyl sites for hydroxylation is 1. The molecule has 0 spiro atoms. The molecule has 1 aromatic rings. The number of benzene rings is 1. The van der Waals surface area contributed by atoms with E-state index < -0.39 is 0 Å². The van der Waals surface area contributed by atoms with Gasteiger partial charge < -0.3 is 14.6 Å². The Balaban J connectivity index is 2.28. The van der Waals surface area contributed by atoms with Crippen molar-refractivity contribution >= 4 is 11.8 Å². The topological polar surface area (TPSA) is 38.7 Å². The summed E-state index contributed by atoms with van der Waals surface area (Å²) < 4.78 is 10.5. The lowest BCUT2D eigenvalue weighted by Crippen LogP contribution is -2.19. The van der Waals surface area contributed by atoms with Crippen LogP contribution in [0.2, 0.25) is 0 Å². The second-order valence-electron chi connectivity index (χ2n) is 4.49. The van der Waals surface area contributed by atoms with Crippen LogP contribution in [0.5, 0.6) is 11.5 Å². The summed E-state index contributed by atoms with van der Waals surface area (Å²) in [6, 6.07) is 3.97. The highest BCUT2D eigenvalue weighted by Crippen LogP contribution is 2.41. The molecule has 0 aromatic heterocycles. The quantitative estimate of drug-likeness (QED) is 0.824. The van der Waals surface area contributed by atoms with Crippen molar-refractivity contribution in [2.45, 2.75) is 30.4 Å². The summed E-state index contributed by atoms with van der Waals surface area (Å²) in [5, 5.41) is 9.26. The number of hydrogen-bond acceptors (Lipinski definition) is 4. The summed E-state index contributed by atoms with van der Waals surface area (Å²) in [6.45, 7) is 6.51. The number of fused-ring (bicyclic) bond motifs is 1. The molecule has 0 radical (unpaired) electrons. The van der Waals surface area contributed by atoms with Crippen LogP contribution in [0.15, 0.2) is 17.0 Å². The lowest BCUT2D eigenvalue weighted by Gasteiger charge is -2.22. The maximum absolute atomic E-state index is 9.26. The van der Waals surface area contributed by atoms with Crippen LogP contribution in [0.1, 0.15) is 19.4 Å². The minimum atomic E-state index is -0.182. The van der Waals surface area contributed by atoms with E-state index in [9.17, 15) is 5.11 Å². The standard InChI is InChI=1S/C12H16O3S/c1-8-4-9-10(15-7-14-9)5-11(8)16-12(2,3)6-13/h4-5,13H,6-7H2,1-3H3. The molecule has 1 heterocycles. The number of rotatable bonds is 3. The van der Waals surface area contributed by atoms with E-state index in [1.54, 1.807) is 11.8 Å². The molecule has 0 saturated heterocycles. The Kier molecular flexibility index (Phi) is 3.04. The van der Waals surface area contributed by atoms with Crippen molar-refractivity contribution in [1.82, 2.24) is 0 Å². The van der Waals surface area contributed by atoms with E-state index >= 15 is 0 Å². The first-order valence-electron chi connectivity index (χ1n) is 5.22. The molecule has 0 aliphatic carbocycles. The Morgan fingerprint density at radius 2 is 1.94 bits per heavy atom. The minimum absolute atomic E-state index is 0.144. The van der Waals surface area contributed by atoms with E-state index in [-0.39, 0.29) is 11.4 Å². The average Bonchev–Trinajstić information content (AvgIpc) is 2.65. The molecule has 0 bridgehead atoms. The molecule has 2 rings (SSSR count). The van der Waals surface area contributed by atoms with Gasteiger partial charge in [0.25, 0.3) is 0 Å². The molecule has 1 N–H and O–H groups in total. The molecule has 16 heavy (non-hydrogen) atoms. The molecule has 1 aromatic carbocycles. The van der Waals surface area contributed by atoms with Crippen molar-refractivity contribution in [2.75, 3.05) is 13.4 Å². The van der Waals surface area contributed by atoms with Gasteiger partial charge in [0.2, 0.25) is 6.79 Å². The fourth-order valence-electron chi connectivity index (χ4n) is 1.46. The first kappa shape index (κ1) is 11.6. The van der Waals surface area contributed by atoms with Crippen LogP contribution >= 0.6 is 11.8 Å². The Hall–Kier alpha value is -0.870. The fraction of sp³-hybridized carbons (Fsp3) is 0.500. The van der Waals surface area contributed by atoms with Crippen molar-refractivity contribution in [3.63, 3.8) is 0 Å². The van der Waals surface area contributed by atoms with Gasteiger partial charge in [0, 0.05) is 9.64 Å². The number of thioether (sulfide) groups is 1. The highest BCUT2D eigenvalue weighted by molar-refractivity contribution is 8.00. The van der Waals surface area contributed by atoms with Crippen LogP contribution in [0, 0.1) is 6.92 Å². The van der Waals surface area contributed by atoms with Crippen molar-refractivity contribution in [2.24, 2.45) is 0 Å².